The van der Waals surface area contributed by atoms with Crippen molar-refractivity contribution in [1.82, 2.24) is 0 Å². The van der Waals surface area contributed by atoms with Crippen LogP contribution in [0, 0.1) is 13.8 Å². The Morgan fingerprint density at radius 3 is 2.59 bits per heavy atom. The van der Waals surface area contributed by atoms with Crippen LogP contribution in [0.2, 0.25) is 0 Å². The molecule has 0 heterocycles. The quantitative estimate of drug-likeness (QED) is 0.884. The molecule has 2 heteroatoms. The van der Waals surface area contributed by atoms with Crippen LogP contribution in [-0.2, 0) is 6.54 Å². The Kier molecular flexibility index (Phi) is 3.87. The van der Waals surface area contributed by atoms with Crippen LogP contribution in [0.1, 0.15) is 16.7 Å². The van der Waals surface area contributed by atoms with E-state index in [-0.39, 0.29) is 0 Å². The smallest absolute Gasteiger partial charge is 0.0178 e. The van der Waals surface area contributed by atoms with Crippen molar-refractivity contribution < 1.29 is 0 Å². The summed E-state index contributed by atoms with van der Waals surface area (Å²) in [6, 6.07) is 15.0. The molecule has 2 rings (SSSR count). The molecule has 0 aliphatic carbocycles. The van der Waals surface area contributed by atoms with Crippen molar-refractivity contribution in [2.45, 2.75) is 30.2 Å². The van der Waals surface area contributed by atoms with Gasteiger partial charge in [-0.05, 0) is 43.2 Å². The zero-order valence-corrected chi connectivity index (χ0v) is 11.1. The summed E-state index contributed by atoms with van der Waals surface area (Å²) < 4.78 is 0. The third-order valence-electron chi connectivity index (χ3n) is 2.69. The van der Waals surface area contributed by atoms with Crippen molar-refractivity contribution in [3.05, 3.63) is 59.2 Å². The molecular formula is C15H17NS. The van der Waals surface area contributed by atoms with E-state index in [1.54, 1.807) is 11.8 Å². The van der Waals surface area contributed by atoms with Crippen molar-refractivity contribution in [3.8, 4) is 0 Å². The lowest BCUT2D eigenvalue weighted by atomic mass is 10.2. The predicted octanol–water partition coefficient (Wildman–Crippen LogP) is 3.91. The van der Waals surface area contributed by atoms with E-state index < -0.39 is 0 Å². The molecule has 0 bridgehead atoms. The van der Waals surface area contributed by atoms with E-state index in [1.165, 1.54) is 26.5 Å². The second-order valence-corrected chi connectivity index (χ2v) is 5.34. The molecule has 0 fully saturated rings. The molecule has 2 aromatic carbocycles. The molecular weight excluding hydrogens is 226 g/mol. The lowest BCUT2D eigenvalue weighted by molar-refractivity contribution is 1.06. The second-order valence-electron chi connectivity index (χ2n) is 4.22. The van der Waals surface area contributed by atoms with Crippen molar-refractivity contribution >= 4 is 11.8 Å². The van der Waals surface area contributed by atoms with Crippen molar-refractivity contribution in [3.63, 3.8) is 0 Å². The summed E-state index contributed by atoms with van der Waals surface area (Å²) in [4.78, 5) is 2.56. The molecule has 0 amide bonds. The third-order valence-corrected chi connectivity index (χ3v) is 3.86. The molecule has 0 aliphatic rings. The molecule has 88 valence electrons. The van der Waals surface area contributed by atoms with Crippen LogP contribution >= 0.6 is 11.8 Å². The molecule has 0 spiro atoms. The van der Waals surface area contributed by atoms with Gasteiger partial charge in [-0.2, -0.15) is 0 Å². The Morgan fingerprint density at radius 2 is 1.88 bits per heavy atom. The first-order valence-corrected chi connectivity index (χ1v) is 6.55. The maximum atomic E-state index is 5.65. The molecule has 0 aliphatic heterocycles. The predicted molar refractivity (Wildman–Crippen MR) is 74.4 cm³/mol. The molecule has 0 atom stereocenters. The highest BCUT2D eigenvalue weighted by atomic mass is 32.2. The van der Waals surface area contributed by atoms with Gasteiger partial charge in [0.15, 0.2) is 0 Å². The Labute approximate surface area is 107 Å². The largest absolute Gasteiger partial charge is 0.326 e. The van der Waals surface area contributed by atoms with Crippen LogP contribution in [0.3, 0.4) is 0 Å². The van der Waals surface area contributed by atoms with E-state index in [4.69, 9.17) is 5.73 Å². The molecule has 0 unspecified atom stereocenters. The van der Waals surface area contributed by atoms with Crippen LogP contribution in [0.5, 0.6) is 0 Å². The molecule has 17 heavy (non-hydrogen) atoms. The fraction of sp³-hybridized carbons (Fsp3) is 0.200. The van der Waals surface area contributed by atoms with Gasteiger partial charge in [-0.25, -0.2) is 0 Å². The van der Waals surface area contributed by atoms with Gasteiger partial charge in [0.05, 0.1) is 0 Å². The van der Waals surface area contributed by atoms with E-state index in [2.05, 4.69) is 56.3 Å². The summed E-state index contributed by atoms with van der Waals surface area (Å²) in [6.07, 6.45) is 0. The molecule has 0 saturated carbocycles. The van der Waals surface area contributed by atoms with E-state index in [0.717, 1.165) is 0 Å². The second kappa shape index (κ2) is 5.39. The van der Waals surface area contributed by atoms with Crippen molar-refractivity contribution in [2.24, 2.45) is 5.73 Å². The number of hydrogen-bond donors (Lipinski definition) is 1. The summed E-state index contributed by atoms with van der Waals surface area (Å²) in [5.41, 5.74) is 9.47. The number of benzene rings is 2. The van der Waals surface area contributed by atoms with E-state index >= 15 is 0 Å². The van der Waals surface area contributed by atoms with Crippen LogP contribution < -0.4 is 5.73 Å². The fourth-order valence-electron chi connectivity index (χ4n) is 1.78. The minimum Gasteiger partial charge on any atom is -0.326 e. The summed E-state index contributed by atoms with van der Waals surface area (Å²) >= 11 is 1.80. The zero-order valence-electron chi connectivity index (χ0n) is 10.2. The minimum absolute atomic E-state index is 0.598. The van der Waals surface area contributed by atoms with Gasteiger partial charge >= 0.3 is 0 Å². The first-order chi connectivity index (χ1) is 8.19. The van der Waals surface area contributed by atoms with Gasteiger partial charge in [0.1, 0.15) is 0 Å². The van der Waals surface area contributed by atoms with Gasteiger partial charge in [0.2, 0.25) is 0 Å². The minimum atomic E-state index is 0.598. The highest BCUT2D eigenvalue weighted by molar-refractivity contribution is 7.99. The maximum Gasteiger partial charge on any atom is 0.0178 e. The lowest BCUT2D eigenvalue weighted by Crippen LogP contribution is -1.95. The van der Waals surface area contributed by atoms with Crippen molar-refractivity contribution in [1.29, 1.82) is 0 Å². The zero-order chi connectivity index (χ0) is 12.3. The van der Waals surface area contributed by atoms with E-state index in [0.29, 0.717) is 6.54 Å². The summed E-state index contributed by atoms with van der Waals surface area (Å²) in [5, 5.41) is 0. The van der Waals surface area contributed by atoms with Gasteiger partial charge in [-0.15, -0.1) is 0 Å². The Bertz CT molecular complexity index is 520. The summed E-state index contributed by atoms with van der Waals surface area (Å²) in [7, 11) is 0. The van der Waals surface area contributed by atoms with Gasteiger partial charge in [0.25, 0.3) is 0 Å². The van der Waals surface area contributed by atoms with Crippen molar-refractivity contribution in [2.75, 3.05) is 0 Å². The number of rotatable bonds is 3. The number of nitrogens with two attached hydrogens (primary N) is 1. The average molecular weight is 243 g/mol. The van der Waals surface area contributed by atoms with Gasteiger partial charge in [-0.1, -0.05) is 41.6 Å². The number of aryl methyl sites for hydroxylation is 2. The van der Waals surface area contributed by atoms with Gasteiger partial charge < -0.3 is 5.73 Å². The summed E-state index contributed by atoms with van der Waals surface area (Å²) in [6.45, 7) is 4.87. The topological polar surface area (TPSA) is 26.0 Å². The van der Waals surface area contributed by atoms with E-state index in [9.17, 15) is 0 Å². The number of hydrogen-bond acceptors (Lipinski definition) is 2. The molecule has 0 radical (unpaired) electrons. The SMILES string of the molecule is Cc1ccc(Sc2cccc(CN)c2)c(C)c1. The molecule has 0 saturated heterocycles. The standard InChI is InChI=1S/C15H17NS/c1-11-6-7-15(12(2)8-11)17-14-5-3-4-13(9-14)10-16/h3-9H,10,16H2,1-2H3. The monoisotopic (exact) mass is 243 g/mol. The lowest BCUT2D eigenvalue weighted by Gasteiger charge is -2.07. The summed E-state index contributed by atoms with van der Waals surface area (Å²) in [5.74, 6) is 0. The first kappa shape index (κ1) is 12.2. The van der Waals surface area contributed by atoms with Crippen LogP contribution in [-0.4, -0.2) is 0 Å². The molecule has 1 nitrogen and oxygen atoms in total. The first-order valence-electron chi connectivity index (χ1n) is 5.73. The third kappa shape index (κ3) is 3.11. The van der Waals surface area contributed by atoms with Crippen LogP contribution in [0.25, 0.3) is 0 Å². The molecule has 2 N–H and O–H groups in total. The Hall–Kier alpha value is -1.25. The molecule has 2 aromatic rings. The van der Waals surface area contributed by atoms with E-state index in [1.807, 2.05) is 0 Å². The Balaban J connectivity index is 2.25. The van der Waals surface area contributed by atoms with Crippen LogP contribution in [0.15, 0.2) is 52.3 Å². The normalized spacial score (nSPS) is 10.5. The average Bonchev–Trinajstić information content (AvgIpc) is 2.33. The van der Waals surface area contributed by atoms with Gasteiger partial charge in [0, 0.05) is 16.3 Å². The highest BCUT2D eigenvalue weighted by Gasteiger charge is 2.02. The van der Waals surface area contributed by atoms with Crippen LogP contribution in [0.4, 0.5) is 0 Å². The highest BCUT2D eigenvalue weighted by Crippen LogP contribution is 2.30. The fourth-order valence-corrected chi connectivity index (χ4v) is 2.74. The Morgan fingerprint density at radius 1 is 1.06 bits per heavy atom. The molecule has 0 aromatic heterocycles. The van der Waals surface area contributed by atoms with Gasteiger partial charge in [-0.3, -0.25) is 0 Å². The maximum absolute atomic E-state index is 5.65.